The number of nitrogens with zero attached hydrogens (tertiary/aromatic N) is 2. The summed E-state index contributed by atoms with van der Waals surface area (Å²) in [6, 6.07) is 0.894. The van der Waals surface area contributed by atoms with Crippen molar-refractivity contribution in [3.8, 4) is 0 Å². The van der Waals surface area contributed by atoms with Gasteiger partial charge in [0.05, 0.1) is 19.1 Å². The van der Waals surface area contributed by atoms with Gasteiger partial charge in [0.25, 0.3) is 0 Å². The van der Waals surface area contributed by atoms with Crippen LogP contribution in [-0.4, -0.2) is 60.0 Å². The number of amides is 1. The predicted octanol–water partition coefficient (Wildman–Crippen LogP) is 1.66. The Morgan fingerprint density at radius 1 is 1.05 bits per heavy atom. The van der Waals surface area contributed by atoms with Crippen LogP contribution in [0.5, 0.6) is 0 Å². The lowest BCUT2D eigenvalue weighted by Crippen LogP contribution is -2.52. The average Bonchev–Trinajstić information content (AvgIpc) is 2.84. The van der Waals surface area contributed by atoms with Crippen LogP contribution in [0.15, 0.2) is 0 Å². The molecule has 2 saturated heterocycles. The molecule has 0 aromatic rings. The number of piperidine rings is 1. The van der Waals surface area contributed by atoms with Gasteiger partial charge in [-0.25, -0.2) is 0 Å². The number of likely N-dealkylation sites (tertiary alicyclic amines) is 2. The number of hydrogen-bond donors (Lipinski definition) is 0. The number of rotatable bonds is 3. The van der Waals surface area contributed by atoms with E-state index in [1.807, 2.05) is 11.8 Å². The Hall–Kier alpha value is -1.10. The monoisotopic (exact) mass is 296 g/mol. The minimum absolute atomic E-state index is 0.0426. The van der Waals surface area contributed by atoms with Gasteiger partial charge < -0.3 is 9.64 Å². The molecule has 2 rings (SSSR count). The molecule has 2 fully saturated rings. The second kappa shape index (κ2) is 6.77. The maximum atomic E-state index is 12.7. The van der Waals surface area contributed by atoms with E-state index in [2.05, 4.69) is 18.7 Å². The zero-order valence-corrected chi connectivity index (χ0v) is 13.7. The Morgan fingerprint density at radius 3 is 2.05 bits per heavy atom. The second-order valence-corrected chi connectivity index (χ2v) is 6.52. The molecule has 3 unspecified atom stereocenters. The quantitative estimate of drug-likeness (QED) is 0.743. The summed E-state index contributed by atoms with van der Waals surface area (Å²) >= 11 is 0. The van der Waals surface area contributed by atoms with Crippen LogP contribution in [0.1, 0.15) is 46.5 Å². The van der Waals surface area contributed by atoms with E-state index in [0.29, 0.717) is 25.2 Å². The van der Waals surface area contributed by atoms with E-state index in [-0.39, 0.29) is 23.8 Å². The summed E-state index contributed by atoms with van der Waals surface area (Å²) in [5.74, 6) is 0.0230. The molecule has 120 valence electrons. The van der Waals surface area contributed by atoms with Crippen LogP contribution in [0, 0.1) is 5.92 Å². The van der Waals surface area contributed by atoms with Gasteiger partial charge >= 0.3 is 5.97 Å². The van der Waals surface area contributed by atoms with Crippen LogP contribution in [0.2, 0.25) is 0 Å². The fourth-order valence-corrected chi connectivity index (χ4v) is 3.87. The Kier molecular flexibility index (Phi) is 5.25. The fraction of sp³-hybridized carbons (Fsp3) is 0.875. The molecule has 0 aromatic heterocycles. The third-order valence-corrected chi connectivity index (χ3v) is 5.17. The molecule has 5 heteroatoms. The lowest BCUT2D eigenvalue weighted by atomic mass is 9.96. The van der Waals surface area contributed by atoms with Crippen LogP contribution in [0.25, 0.3) is 0 Å². The molecule has 0 N–H and O–H groups in total. The van der Waals surface area contributed by atoms with Crippen LogP contribution >= 0.6 is 0 Å². The fourth-order valence-electron chi connectivity index (χ4n) is 3.87. The van der Waals surface area contributed by atoms with Crippen molar-refractivity contribution in [1.82, 2.24) is 9.80 Å². The number of carbonyl (C=O) groups is 2. The van der Waals surface area contributed by atoms with Crippen LogP contribution in [0.4, 0.5) is 0 Å². The summed E-state index contributed by atoms with van der Waals surface area (Å²) < 4.78 is 4.79. The minimum Gasteiger partial charge on any atom is -0.469 e. The smallest absolute Gasteiger partial charge is 0.308 e. The molecular formula is C16H28N2O3. The summed E-state index contributed by atoms with van der Waals surface area (Å²) in [5, 5.41) is 0. The molecule has 0 aromatic carbocycles. The maximum Gasteiger partial charge on any atom is 0.308 e. The van der Waals surface area contributed by atoms with Crippen LogP contribution in [0.3, 0.4) is 0 Å². The Balaban J connectivity index is 1.91. The van der Waals surface area contributed by atoms with E-state index in [1.165, 1.54) is 20.0 Å². The molecule has 5 nitrogen and oxygen atoms in total. The Labute approximate surface area is 127 Å². The van der Waals surface area contributed by atoms with Crippen molar-refractivity contribution in [1.29, 1.82) is 0 Å². The first-order valence-electron chi connectivity index (χ1n) is 8.09. The van der Waals surface area contributed by atoms with Crippen molar-refractivity contribution in [2.24, 2.45) is 5.92 Å². The van der Waals surface area contributed by atoms with Crippen molar-refractivity contribution in [3.63, 3.8) is 0 Å². The SMILES string of the molecule is COC(=O)C1CCN(C(=O)C(C)N2C(C)CCC2C)CC1. The molecule has 2 aliphatic rings. The third kappa shape index (κ3) is 3.39. The molecule has 2 aliphatic heterocycles. The summed E-state index contributed by atoms with van der Waals surface area (Å²) in [7, 11) is 1.43. The number of ether oxygens (including phenoxy) is 1. The van der Waals surface area contributed by atoms with Crippen molar-refractivity contribution < 1.29 is 14.3 Å². The molecule has 3 atom stereocenters. The first-order valence-corrected chi connectivity index (χ1v) is 8.09. The highest BCUT2D eigenvalue weighted by atomic mass is 16.5. The first-order chi connectivity index (χ1) is 9.95. The van der Waals surface area contributed by atoms with Crippen molar-refractivity contribution >= 4 is 11.9 Å². The van der Waals surface area contributed by atoms with Gasteiger partial charge in [0.1, 0.15) is 0 Å². The van der Waals surface area contributed by atoms with Gasteiger partial charge in [-0.3, -0.25) is 14.5 Å². The van der Waals surface area contributed by atoms with Crippen molar-refractivity contribution in [2.75, 3.05) is 20.2 Å². The molecule has 0 saturated carbocycles. The highest BCUT2D eigenvalue weighted by molar-refractivity contribution is 5.82. The Morgan fingerprint density at radius 2 is 1.57 bits per heavy atom. The van der Waals surface area contributed by atoms with E-state index in [1.54, 1.807) is 0 Å². The lowest BCUT2D eigenvalue weighted by Gasteiger charge is -2.37. The molecule has 0 radical (unpaired) electrons. The molecule has 21 heavy (non-hydrogen) atoms. The highest BCUT2D eigenvalue weighted by Crippen LogP contribution is 2.27. The van der Waals surface area contributed by atoms with Crippen molar-refractivity contribution in [2.45, 2.75) is 64.6 Å². The lowest BCUT2D eigenvalue weighted by molar-refractivity contribution is -0.150. The van der Waals surface area contributed by atoms with E-state index in [4.69, 9.17) is 4.74 Å². The van der Waals surface area contributed by atoms with Gasteiger partial charge in [0.2, 0.25) is 5.91 Å². The normalized spacial score (nSPS) is 29.4. The summed E-state index contributed by atoms with van der Waals surface area (Å²) in [6.45, 7) is 7.76. The predicted molar refractivity (Wildman–Crippen MR) is 80.8 cm³/mol. The molecule has 0 spiro atoms. The summed E-state index contributed by atoms with van der Waals surface area (Å²) in [6.07, 6.45) is 3.78. The zero-order valence-electron chi connectivity index (χ0n) is 13.7. The molecule has 2 heterocycles. The van der Waals surface area contributed by atoms with Gasteiger partial charge in [-0.05, 0) is 46.5 Å². The van der Waals surface area contributed by atoms with Crippen LogP contribution in [-0.2, 0) is 14.3 Å². The van der Waals surface area contributed by atoms with E-state index < -0.39 is 0 Å². The standard InChI is InChI=1S/C16H28N2O3/c1-11-5-6-12(2)18(11)13(3)15(19)17-9-7-14(8-10-17)16(20)21-4/h11-14H,5-10H2,1-4H3. The molecule has 0 bridgehead atoms. The number of methoxy groups -OCH3 is 1. The van der Waals surface area contributed by atoms with E-state index in [0.717, 1.165) is 12.8 Å². The summed E-state index contributed by atoms with van der Waals surface area (Å²) in [5.41, 5.74) is 0. The highest BCUT2D eigenvalue weighted by Gasteiger charge is 2.37. The third-order valence-electron chi connectivity index (χ3n) is 5.17. The Bertz CT molecular complexity index is 381. The van der Waals surface area contributed by atoms with Crippen molar-refractivity contribution in [3.05, 3.63) is 0 Å². The molecular weight excluding hydrogens is 268 g/mol. The maximum absolute atomic E-state index is 12.7. The number of hydrogen-bond acceptors (Lipinski definition) is 4. The average molecular weight is 296 g/mol. The van der Waals surface area contributed by atoms with Gasteiger partial charge in [-0.15, -0.1) is 0 Å². The molecule has 0 aliphatic carbocycles. The number of carbonyl (C=O) groups excluding carboxylic acids is 2. The van der Waals surface area contributed by atoms with Gasteiger partial charge in [-0.2, -0.15) is 0 Å². The van der Waals surface area contributed by atoms with Crippen LogP contribution < -0.4 is 0 Å². The number of esters is 1. The first kappa shape index (κ1) is 16.3. The van der Waals surface area contributed by atoms with Gasteiger partial charge in [0.15, 0.2) is 0 Å². The van der Waals surface area contributed by atoms with Gasteiger partial charge in [-0.1, -0.05) is 0 Å². The largest absolute Gasteiger partial charge is 0.469 e. The van der Waals surface area contributed by atoms with Gasteiger partial charge in [0, 0.05) is 25.2 Å². The minimum atomic E-state index is -0.142. The summed E-state index contributed by atoms with van der Waals surface area (Å²) in [4.78, 5) is 28.5. The van der Waals surface area contributed by atoms with E-state index >= 15 is 0 Å². The molecule has 1 amide bonds. The zero-order chi connectivity index (χ0) is 15.6. The topological polar surface area (TPSA) is 49.9 Å². The van der Waals surface area contributed by atoms with E-state index in [9.17, 15) is 9.59 Å². The second-order valence-electron chi connectivity index (χ2n) is 6.52.